The number of allylic oxidation sites excluding steroid dienone is 1. The zero-order valence-electron chi connectivity index (χ0n) is 10.5. The highest BCUT2D eigenvalue weighted by Crippen LogP contribution is 2.28. The number of Topliss-reactive ketones (excluding diaryl/α,β-unsaturated/α-hetero) is 1. The van der Waals surface area contributed by atoms with E-state index in [-0.39, 0.29) is 11.6 Å². The molecule has 1 aromatic carbocycles. The lowest BCUT2D eigenvalue weighted by atomic mass is 10.1. The highest BCUT2D eigenvalue weighted by atomic mass is 19.1. The molecule has 0 fully saturated rings. The van der Waals surface area contributed by atoms with E-state index in [1.54, 1.807) is 12.3 Å². The topological polar surface area (TPSA) is 30.0 Å². The Hall–Kier alpha value is -2.29. The number of carbonyl (C=O) groups excluding carboxylic acids is 1. The van der Waals surface area contributed by atoms with Crippen molar-refractivity contribution in [3.63, 3.8) is 0 Å². The number of hydrogen-bond acceptors (Lipinski definition) is 2. The lowest BCUT2D eigenvalue weighted by Gasteiger charge is -1.99. The van der Waals surface area contributed by atoms with Crippen molar-refractivity contribution >= 4 is 11.9 Å². The third-order valence-corrected chi connectivity index (χ3v) is 3.37. The minimum atomic E-state index is -0.370. The Morgan fingerprint density at radius 1 is 1.32 bits per heavy atom. The lowest BCUT2D eigenvalue weighted by molar-refractivity contribution is 0.104. The zero-order valence-corrected chi connectivity index (χ0v) is 10.5. The summed E-state index contributed by atoms with van der Waals surface area (Å²) in [5.41, 5.74) is 3.87. The van der Waals surface area contributed by atoms with Gasteiger partial charge < -0.3 is 0 Å². The number of rotatable bonds is 1. The van der Waals surface area contributed by atoms with E-state index in [4.69, 9.17) is 0 Å². The van der Waals surface area contributed by atoms with E-state index in [1.807, 2.05) is 25.1 Å². The largest absolute Gasteiger partial charge is 0.289 e. The number of fused-ring (bicyclic) bond motifs is 1. The first-order valence-electron chi connectivity index (χ1n) is 6.10. The fourth-order valence-electron chi connectivity index (χ4n) is 2.33. The molecule has 1 aromatic heterocycles. The van der Waals surface area contributed by atoms with Gasteiger partial charge in [0.15, 0.2) is 5.78 Å². The van der Waals surface area contributed by atoms with Crippen molar-refractivity contribution in [1.29, 1.82) is 0 Å². The van der Waals surface area contributed by atoms with Crippen molar-refractivity contribution in [1.82, 2.24) is 4.98 Å². The molecule has 0 bridgehead atoms. The van der Waals surface area contributed by atoms with Crippen LogP contribution in [0.2, 0.25) is 0 Å². The van der Waals surface area contributed by atoms with Gasteiger partial charge in [0.2, 0.25) is 0 Å². The van der Waals surface area contributed by atoms with Crippen molar-refractivity contribution in [3.8, 4) is 0 Å². The van der Waals surface area contributed by atoms with Gasteiger partial charge in [0.1, 0.15) is 5.82 Å². The molecule has 0 spiro atoms. The Balaban J connectivity index is 2.03. The van der Waals surface area contributed by atoms with E-state index in [2.05, 4.69) is 4.98 Å². The third-order valence-electron chi connectivity index (χ3n) is 3.37. The highest BCUT2D eigenvalue weighted by molar-refractivity contribution is 6.15. The van der Waals surface area contributed by atoms with Gasteiger partial charge in [-0.05, 0) is 42.3 Å². The SMILES string of the molecule is Cc1ncccc1/C=C1\Cc2ccc(F)cc2C1=O. The molecule has 1 heterocycles. The van der Waals surface area contributed by atoms with E-state index in [0.29, 0.717) is 17.6 Å². The normalized spacial score (nSPS) is 15.9. The molecule has 3 rings (SSSR count). The molecule has 3 heteroatoms. The van der Waals surface area contributed by atoms with Crippen LogP contribution in [0, 0.1) is 12.7 Å². The van der Waals surface area contributed by atoms with Gasteiger partial charge in [0.25, 0.3) is 0 Å². The van der Waals surface area contributed by atoms with Crippen molar-refractivity contribution < 1.29 is 9.18 Å². The summed E-state index contributed by atoms with van der Waals surface area (Å²) in [4.78, 5) is 16.4. The first-order chi connectivity index (χ1) is 9.15. The van der Waals surface area contributed by atoms with Crippen LogP contribution in [-0.2, 0) is 6.42 Å². The fourth-order valence-corrected chi connectivity index (χ4v) is 2.33. The first kappa shape index (κ1) is 11.8. The molecule has 0 radical (unpaired) electrons. The van der Waals surface area contributed by atoms with Crippen LogP contribution in [0.1, 0.15) is 27.2 Å². The van der Waals surface area contributed by atoms with Crippen molar-refractivity contribution in [3.05, 3.63) is 70.3 Å². The third kappa shape index (κ3) is 2.08. The zero-order chi connectivity index (χ0) is 13.4. The van der Waals surface area contributed by atoms with Gasteiger partial charge in [0, 0.05) is 29.4 Å². The Bertz CT molecular complexity index is 704. The highest BCUT2D eigenvalue weighted by Gasteiger charge is 2.25. The number of carbonyl (C=O) groups is 1. The fraction of sp³-hybridized carbons (Fsp3) is 0.125. The molecule has 1 aliphatic rings. The molecule has 0 saturated carbocycles. The van der Waals surface area contributed by atoms with Gasteiger partial charge in [-0.3, -0.25) is 9.78 Å². The molecule has 0 saturated heterocycles. The summed E-state index contributed by atoms with van der Waals surface area (Å²) in [6, 6.07) is 8.15. The summed E-state index contributed by atoms with van der Waals surface area (Å²) < 4.78 is 13.2. The summed E-state index contributed by atoms with van der Waals surface area (Å²) in [5.74, 6) is -0.455. The van der Waals surface area contributed by atoms with Crippen LogP contribution in [0.3, 0.4) is 0 Å². The van der Waals surface area contributed by atoms with Gasteiger partial charge in [-0.2, -0.15) is 0 Å². The summed E-state index contributed by atoms with van der Waals surface area (Å²) in [5, 5.41) is 0. The molecular weight excluding hydrogens is 241 g/mol. The summed E-state index contributed by atoms with van der Waals surface area (Å²) in [6.07, 6.45) is 4.13. The molecule has 1 aliphatic carbocycles. The lowest BCUT2D eigenvalue weighted by Crippen LogP contribution is -1.96. The molecule has 2 aromatic rings. The average Bonchev–Trinajstić information content (AvgIpc) is 2.70. The molecule has 94 valence electrons. The van der Waals surface area contributed by atoms with E-state index < -0.39 is 0 Å². The van der Waals surface area contributed by atoms with Crippen molar-refractivity contribution in [2.24, 2.45) is 0 Å². The van der Waals surface area contributed by atoms with Crippen LogP contribution < -0.4 is 0 Å². The molecule has 0 aliphatic heterocycles. The minimum Gasteiger partial charge on any atom is -0.289 e. The van der Waals surface area contributed by atoms with E-state index in [0.717, 1.165) is 16.8 Å². The van der Waals surface area contributed by atoms with Crippen LogP contribution >= 0.6 is 0 Å². The van der Waals surface area contributed by atoms with Gasteiger partial charge in [0.05, 0.1) is 0 Å². The smallest absolute Gasteiger partial charge is 0.189 e. The molecule has 0 unspecified atom stereocenters. The Morgan fingerprint density at radius 2 is 2.16 bits per heavy atom. The standard InChI is InChI=1S/C16H12FNO/c1-10-11(3-2-6-18-10)7-13-8-12-4-5-14(17)9-15(12)16(13)19/h2-7,9H,8H2,1H3/b13-7+. The predicted molar refractivity (Wildman–Crippen MR) is 71.4 cm³/mol. The molecule has 0 amide bonds. The Morgan fingerprint density at radius 3 is 2.95 bits per heavy atom. The number of benzene rings is 1. The summed E-state index contributed by atoms with van der Waals surface area (Å²) in [6.45, 7) is 1.90. The van der Waals surface area contributed by atoms with Gasteiger partial charge in [-0.1, -0.05) is 12.1 Å². The minimum absolute atomic E-state index is 0.0854. The molecule has 19 heavy (non-hydrogen) atoms. The number of halogens is 1. The average molecular weight is 253 g/mol. The summed E-state index contributed by atoms with van der Waals surface area (Å²) in [7, 11) is 0. The number of aromatic nitrogens is 1. The number of pyridine rings is 1. The van der Waals surface area contributed by atoms with Crippen LogP contribution in [0.15, 0.2) is 42.1 Å². The molecule has 0 atom stereocenters. The van der Waals surface area contributed by atoms with Gasteiger partial charge in [-0.25, -0.2) is 4.39 Å². The Kier molecular flexibility index (Phi) is 2.75. The van der Waals surface area contributed by atoms with Crippen molar-refractivity contribution in [2.45, 2.75) is 13.3 Å². The Labute approximate surface area is 110 Å². The quantitative estimate of drug-likeness (QED) is 0.729. The predicted octanol–water partition coefficient (Wildman–Crippen LogP) is 3.35. The summed E-state index contributed by atoms with van der Waals surface area (Å²) >= 11 is 0. The second-order valence-corrected chi connectivity index (χ2v) is 4.65. The van der Waals surface area contributed by atoms with E-state index in [1.165, 1.54) is 12.1 Å². The van der Waals surface area contributed by atoms with Crippen molar-refractivity contribution in [2.75, 3.05) is 0 Å². The van der Waals surface area contributed by atoms with Crippen LogP contribution in [-0.4, -0.2) is 10.8 Å². The monoisotopic (exact) mass is 253 g/mol. The maximum atomic E-state index is 13.2. The van der Waals surface area contributed by atoms with E-state index in [9.17, 15) is 9.18 Å². The first-order valence-corrected chi connectivity index (χ1v) is 6.10. The maximum Gasteiger partial charge on any atom is 0.189 e. The van der Waals surface area contributed by atoms with Gasteiger partial charge in [-0.15, -0.1) is 0 Å². The van der Waals surface area contributed by atoms with Gasteiger partial charge >= 0.3 is 0 Å². The number of ketones is 1. The number of hydrogen-bond donors (Lipinski definition) is 0. The maximum absolute atomic E-state index is 13.2. The molecule has 0 N–H and O–H groups in total. The van der Waals surface area contributed by atoms with Crippen LogP contribution in [0.5, 0.6) is 0 Å². The number of nitrogens with zero attached hydrogens (tertiary/aromatic N) is 1. The molecule has 2 nitrogen and oxygen atoms in total. The van der Waals surface area contributed by atoms with Crippen LogP contribution in [0.25, 0.3) is 6.08 Å². The van der Waals surface area contributed by atoms with Crippen LogP contribution in [0.4, 0.5) is 4.39 Å². The second kappa shape index (κ2) is 4.43. The second-order valence-electron chi connectivity index (χ2n) is 4.65. The molecular formula is C16H12FNO. The van der Waals surface area contributed by atoms with E-state index >= 15 is 0 Å². The number of aryl methyl sites for hydroxylation is 1.